The number of fused-ring (bicyclic) bond motifs is 3. The molecule has 6 rings (SSSR count). The minimum absolute atomic E-state index is 0.0217. The molecule has 0 saturated carbocycles. The van der Waals surface area contributed by atoms with Crippen LogP contribution < -0.4 is 4.74 Å². The lowest BCUT2D eigenvalue weighted by molar-refractivity contribution is 0.0521. The number of carbonyl (C=O) groups is 1. The zero-order valence-electron chi connectivity index (χ0n) is 19.8. The number of carbonyl (C=O) groups excluding carboxylic acids is 1. The predicted octanol–water partition coefficient (Wildman–Crippen LogP) is 5.75. The van der Waals surface area contributed by atoms with Gasteiger partial charge < -0.3 is 9.64 Å². The molecule has 2 aliphatic heterocycles. The highest BCUT2D eigenvalue weighted by Gasteiger charge is 2.44. The molecule has 5 heterocycles. The third-order valence-electron chi connectivity index (χ3n) is 7.41. The van der Waals surface area contributed by atoms with Gasteiger partial charge in [0.1, 0.15) is 11.3 Å². The molecule has 176 valence electrons. The lowest BCUT2D eigenvalue weighted by atomic mass is 9.84. The minimum Gasteiger partial charge on any atom is -0.437 e. The van der Waals surface area contributed by atoms with Gasteiger partial charge in [-0.3, -0.25) is 14.8 Å². The second-order valence-electron chi connectivity index (χ2n) is 9.72. The van der Waals surface area contributed by atoms with Gasteiger partial charge in [-0.15, -0.1) is 0 Å². The van der Waals surface area contributed by atoms with Gasteiger partial charge in [-0.25, -0.2) is 4.98 Å². The van der Waals surface area contributed by atoms with Gasteiger partial charge in [0.05, 0.1) is 11.7 Å². The first-order chi connectivity index (χ1) is 17.2. The van der Waals surface area contributed by atoms with Crippen LogP contribution in [0.15, 0.2) is 73.2 Å². The normalized spacial score (nSPS) is 21.3. The standard InChI is InChI=1S/C29H28N4O2/c1-19-9-12-24(18-32-19)35-28-26(7-4-14-31-28)29(34)33-22-10-11-23(33)17-20(16-22)15-21-5-2-8-27-25(21)6-3-13-30-27/h2-9,12-14,18,20,22-23H,10-11,15-17H2,1H3. The van der Waals surface area contributed by atoms with E-state index in [-0.39, 0.29) is 18.0 Å². The SMILES string of the molecule is Cc1ccc(Oc2ncccc2C(=O)N2C3CCC2CC(Cc2cccc4ncccc24)C3)cn1. The van der Waals surface area contributed by atoms with Crippen molar-refractivity contribution in [3.8, 4) is 11.6 Å². The summed E-state index contributed by atoms with van der Waals surface area (Å²) in [5.74, 6) is 1.50. The highest BCUT2D eigenvalue weighted by atomic mass is 16.5. The van der Waals surface area contributed by atoms with Crippen molar-refractivity contribution < 1.29 is 9.53 Å². The summed E-state index contributed by atoms with van der Waals surface area (Å²) < 4.78 is 5.98. The summed E-state index contributed by atoms with van der Waals surface area (Å²) in [5, 5.41) is 1.24. The molecule has 6 nitrogen and oxygen atoms in total. The topological polar surface area (TPSA) is 68.2 Å². The molecular formula is C29H28N4O2. The number of rotatable bonds is 5. The average Bonchev–Trinajstić information content (AvgIpc) is 3.15. The van der Waals surface area contributed by atoms with E-state index in [1.807, 2.05) is 37.4 Å². The van der Waals surface area contributed by atoms with Crippen molar-refractivity contribution in [1.29, 1.82) is 0 Å². The molecule has 6 heteroatoms. The molecule has 2 atom stereocenters. The molecule has 2 aliphatic rings. The van der Waals surface area contributed by atoms with Crippen LogP contribution in [-0.2, 0) is 6.42 Å². The fraction of sp³-hybridized carbons (Fsp3) is 0.310. The summed E-state index contributed by atoms with van der Waals surface area (Å²) in [6.45, 7) is 1.93. The first-order valence-corrected chi connectivity index (χ1v) is 12.4. The van der Waals surface area contributed by atoms with Crippen molar-refractivity contribution >= 4 is 16.8 Å². The van der Waals surface area contributed by atoms with Gasteiger partial charge in [0.2, 0.25) is 5.88 Å². The number of benzene rings is 1. The Bertz CT molecular complexity index is 1350. The number of ether oxygens (including phenoxy) is 1. The van der Waals surface area contributed by atoms with Crippen LogP contribution in [0.3, 0.4) is 0 Å². The van der Waals surface area contributed by atoms with Crippen LogP contribution in [0.5, 0.6) is 11.6 Å². The van der Waals surface area contributed by atoms with E-state index in [1.165, 1.54) is 10.9 Å². The summed E-state index contributed by atoms with van der Waals surface area (Å²) >= 11 is 0. The van der Waals surface area contributed by atoms with E-state index in [1.54, 1.807) is 18.5 Å². The third kappa shape index (κ3) is 4.25. The summed E-state index contributed by atoms with van der Waals surface area (Å²) in [5.41, 5.74) is 3.83. The fourth-order valence-corrected chi connectivity index (χ4v) is 5.84. The maximum atomic E-state index is 13.7. The lowest BCUT2D eigenvalue weighted by Gasteiger charge is -2.39. The van der Waals surface area contributed by atoms with E-state index in [9.17, 15) is 4.79 Å². The lowest BCUT2D eigenvalue weighted by Crippen LogP contribution is -2.47. The molecule has 2 unspecified atom stereocenters. The number of piperidine rings is 1. The molecule has 2 bridgehead atoms. The number of amides is 1. The molecule has 3 aromatic heterocycles. The molecule has 1 amide bonds. The van der Waals surface area contributed by atoms with Crippen molar-refractivity contribution in [2.45, 2.75) is 51.1 Å². The van der Waals surface area contributed by atoms with Gasteiger partial charge >= 0.3 is 0 Å². The Morgan fingerprint density at radius 3 is 2.54 bits per heavy atom. The van der Waals surface area contributed by atoms with E-state index >= 15 is 0 Å². The van der Waals surface area contributed by atoms with Gasteiger partial charge in [-0.2, -0.15) is 0 Å². The Kier molecular flexibility index (Phi) is 5.64. The van der Waals surface area contributed by atoms with Crippen LogP contribution in [0.1, 0.15) is 47.3 Å². The monoisotopic (exact) mass is 464 g/mol. The highest BCUT2D eigenvalue weighted by molar-refractivity contribution is 5.97. The van der Waals surface area contributed by atoms with Gasteiger partial charge in [-0.05, 0) is 86.9 Å². The zero-order chi connectivity index (χ0) is 23.8. The van der Waals surface area contributed by atoms with E-state index in [0.29, 0.717) is 23.1 Å². The maximum Gasteiger partial charge on any atom is 0.259 e. The molecule has 2 fully saturated rings. The molecular weight excluding hydrogens is 436 g/mol. The first kappa shape index (κ1) is 21.7. The molecule has 2 saturated heterocycles. The van der Waals surface area contributed by atoms with Crippen LogP contribution in [0.25, 0.3) is 10.9 Å². The van der Waals surface area contributed by atoms with Crippen LogP contribution in [0, 0.1) is 12.8 Å². The Morgan fingerprint density at radius 1 is 0.943 bits per heavy atom. The molecule has 35 heavy (non-hydrogen) atoms. The largest absolute Gasteiger partial charge is 0.437 e. The van der Waals surface area contributed by atoms with Gasteiger partial charge in [0.15, 0.2) is 0 Å². The zero-order valence-corrected chi connectivity index (χ0v) is 19.8. The minimum atomic E-state index is 0.0217. The van der Waals surface area contributed by atoms with Crippen LogP contribution >= 0.6 is 0 Å². The third-order valence-corrected chi connectivity index (χ3v) is 7.41. The molecule has 4 aromatic rings. The maximum absolute atomic E-state index is 13.7. The second kappa shape index (κ2) is 9.10. The summed E-state index contributed by atoms with van der Waals surface area (Å²) in [6, 6.07) is 18.5. The molecule has 0 spiro atoms. The van der Waals surface area contributed by atoms with Gasteiger partial charge in [0.25, 0.3) is 5.91 Å². The number of pyridine rings is 3. The second-order valence-corrected chi connectivity index (χ2v) is 9.72. The van der Waals surface area contributed by atoms with Gasteiger partial charge in [0, 0.05) is 35.6 Å². The number of hydrogen-bond acceptors (Lipinski definition) is 5. The quantitative estimate of drug-likeness (QED) is 0.376. The van der Waals surface area contributed by atoms with Crippen LogP contribution in [0.2, 0.25) is 0 Å². The Hall–Kier alpha value is -3.80. The van der Waals surface area contributed by atoms with E-state index in [4.69, 9.17) is 4.74 Å². The van der Waals surface area contributed by atoms with Crippen molar-refractivity contribution in [2.75, 3.05) is 0 Å². The number of aromatic nitrogens is 3. The summed E-state index contributed by atoms with van der Waals surface area (Å²) in [6.07, 6.45) is 10.4. The van der Waals surface area contributed by atoms with Crippen molar-refractivity contribution in [1.82, 2.24) is 19.9 Å². The Labute approximate surface area is 205 Å². The molecule has 0 radical (unpaired) electrons. The Balaban J connectivity index is 1.20. The van der Waals surface area contributed by atoms with Crippen LogP contribution in [0.4, 0.5) is 0 Å². The predicted molar refractivity (Wildman–Crippen MR) is 134 cm³/mol. The van der Waals surface area contributed by atoms with Crippen molar-refractivity contribution in [3.05, 3.63) is 90.0 Å². The van der Waals surface area contributed by atoms with Crippen LogP contribution in [-0.4, -0.2) is 37.8 Å². The summed E-state index contributed by atoms with van der Waals surface area (Å²) in [4.78, 5) is 29.0. The first-order valence-electron chi connectivity index (χ1n) is 12.4. The fourth-order valence-electron chi connectivity index (χ4n) is 5.84. The molecule has 1 aromatic carbocycles. The molecule has 0 N–H and O–H groups in total. The highest BCUT2D eigenvalue weighted by Crippen LogP contribution is 2.42. The number of hydrogen-bond donors (Lipinski definition) is 0. The average molecular weight is 465 g/mol. The smallest absolute Gasteiger partial charge is 0.259 e. The molecule has 0 aliphatic carbocycles. The van der Waals surface area contributed by atoms with Crippen molar-refractivity contribution in [2.24, 2.45) is 5.92 Å². The van der Waals surface area contributed by atoms with Crippen molar-refractivity contribution in [3.63, 3.8) is 0 Å². The van der Waals surface area contributed by atoms with E-state index < -0.39 is 0 Å². The number of aryl methyl sites for hydroxylation is 1. The summed E-state index contributed by atoms with van der Waals surface area (Å²) in [7, 11) is 0. The van der Waals surface area contributed by atoms with E-state index in [2.05, 4.69) is 44.1 Å². The van der Waals surface area contributed by atoms with E-state index in [0.717, 1.165) is 43.3 Å². The number of nitrogens with zero attached hydrogens (tertiary/aromatic N) is 4. The van der Waals surface area contributed by atoms with Gasteiger partial charge in [-0.1, -0.05) is 18.2 Å². The Morgan fingerprint density at radius 2 is 1.74 bits per heavy atom.